The first-order valence-corrected chi connectivity index (χ1v) is 12.6. The van der Waals surface area contributed by atoms with Crippen LogP contribution in [0.25, 0.3) is 0 Å². The average Bonchev–Trinajstić information content (AvgIpc) is 3.03. The van der Waals surface area contributed by atoms with Gasteiger partial charge in [0.25, 0.3) is 0 Å². The summed E-state index contributed by atoms with van der Waals surface area (Å²) in [6.07, 6.45) is 14.7. The Labute approximate surface area is 179 Å². The van der Waals surface area contributed by atoms with Gasteiger partial charge in [-0.25, -0.2) is 0 Å². The van der Waals surface area contributed by atoms with Crippen LogP contribution < -0.4 is 0 Å². The summed E-state index contributed by atoms with van der Waals surface area (Å²) in [4.78, 5) is 12.1. The molecule has 0 aromatic carbocycles. The minimum absolute atomic E-state index is 0.316. The summed E-state index contributed by atoms with van der Waals surface area (Å²) in [5, 5.41) is 0. The predicted molar refractivity (Wildman–Crippen MR) is 123 cm³/mol. The molecule has 7 unspecified atom stereocenters. The molecule has 0 aromatic heterocycles. The van der Waals surface area contributed by atoms with Gasteiger partial charge in [0.2, 0.25) is 0 Å². The van der Waals surface area contributed by atoms with Crippen LogP contribution in [-0.4, -0.2) is 5.78 Å². The molecular weight excluding hydrogens is 352 g/mol. The van der Waals surface area contributed by atoms with Gasteiger partial charge in [0.15, 0.2) is 0 Å². The van der Waals surface area contributed by atoms with Crippen LogP contribution in [-0.2, 0) is 4.79 Å². The van der Waals surface area contributed by atoms with E-state index in [1.165, 1.54) is 56.1 Å². The molecule has 0 saturated heterocycles. The lowest BCUT2D eigenvalue weighted by Gasteiger charge is -2.58. The number of fused-ring (bicyclic) bond motifs is 5. The lowest BCUT2D eigenvalue weighted by Crippen LogP contribution is -2.50. The summed E-state index contributed by atoms with van der Waals surface area (Å²) >= 11 is 0. The highest BCUT2D eigenvalue weighted by Crippen LogP contribution is 2.67. The number of Topliss-reactive ketones (excluding diaryl/α,β-unsaturated/α-hetero) is 1. The zero-order valence-electron chi connectivity index (χ0n) is 19.7. The van der Waals surface area contributed by atoms with Gasteiger partial charge >= 0.3 is 0 Å². The maximum absolute atomic E-state index is 12.1. The van der Waals surface area contributed by atoms with E-state index in [0.29, 0.717) is 22.5 Å². The first kappa shape index (κ1) is 21.4. The Morgan fingerprint density at radius 3 is 2.62 bits per heavy atom. The zero-order valence-corrected chi connectivity index (χ0v) is 19.7. The number of rotatable bonds is 5. The third kappa shape index (κ3) is 3.49. The molecule has 0 radical (unpaired) electrons. The Morgan fingerprint density at radius 2 is 1.90 bits per heavy atom. The van der Waals surface area contributed by atoms with Crippen molar-refractivity contribution in [2.45, 2.75) is 98.8 Å². The molecule has 0 aliphatic heterocycles. The third-order valence-corrected chi connectivity index (χ3v) is 10.4. The molecular formula is C28H44O. The molecule has 0 bridgehead atoms. The van der Waals surface area contributed by atoms with E-state index in [9.17, 15) is 4.79 Å². The van der Waals surface area contributed by atoms with E-state index in [0.717, 1.165) is 48.9 Å². The normalized spacial score (nSPS) is 42.7. The second kappa shape index (κ2) is 7.69. The van der Waals surface area contributed by atoms with Crippen molar-refractivity contribution in [3.05, 3.63) is 23.8 Å². The van der Waals surface area contributed by atoms with Crippen molar-refractivity contribution in [1.29, 1.82) is 0 Å². The molecule has 3 fully saturated rings. The van der Waals surface area contributed by atoms with Crippen LogP contribution in [0.5, 0.6) is 0 Å². The second-order valence-electron chi connectivity index (χ2n) is 12.0. The van der Waals surface area contributed by atoms with E-state index < -0.39 is 0 Å². The van der Waals surface area contributed by atoms with E-state index in [4.69, 9.17) is 0 Å². The minimum atomic E-state index is 0.316. The second-order valence-corrected chi connectivity index (χ2v) is 12.0. The summed E-state index contributed by atoms with van der Waals surface area (Å²) < 4.78 is 0. The molecule has 0 spiro atoms. The summed E-state index contributed by atoms with van der Waals surface area (Å²) in [6, 6.07) is 0. The molecule has 7 atom stereocenters. The standard InChI is InChI=1S/C28H44O/c1-18(2)19(3)7-8-20(4)24-11-12-25-23-10-9-21-17-22(29)13-15-27(21,5)26(23)14-16-28(24,25)6/h9,18,20,23-26H,3,7-8,10-17H2,1-2,4-6H3. The van der Waals surface area contributed by atoms with Crippen molar-refractivity contribution < 1.29 is 4.79 Å². The average molecular weight is 397 g/mol. The van der Waals surface area contributed by atoms with Gasteiger partial charge in [0, 0.05) is 12.8 Å². The van der Waals surface area contributed by atoms with E-state index in [-0.39, 0.29) is 0 Å². The number of carbonyl (C=O) groups is 1. The minimum Gasteiger partial charge on any atom is -0.299 e. The van der Waals surface area contributed by atoms with Crippen LogP contribution in [0, 0.1) is 46.3 Å². The van der Waals surface area contributed by atoms with E-state index in [2.05, 4.69) is 47.3 Å². The quantitative estimate of drug-likeness (QED) is 0.434. The van der Waals surface area contributed by atoms with Gasteiger partial charge in [-0.1, -0.05) is 58.4 Å². The van der Waals surface area contributed by atoms with Gasteiger partial charge in [-0.3, -0.25) is 4.79 Å². The summed E-state index contributed by atoms with van der Waals surface area (Å²) in [5.74, 6) is 5.38. The largest absolute Gasteiger partial charge is 0.299 e. The Kier molecular flexibility index (Phi) is 5.67. The molecule has 4 aliphatic rings. The number of allylic oxidation sites excluding steroid dienone is 3. The molecule has 4 rings (SSSR count). The van der Waals surface area contributed by atoms with Gasteiger partial charge in [0.05, 0.1) is 0 Å². The van der Waals surface area contributed by atoms with Crippen molar-refractivity contribution in [1.82, 2.24) is 0 Å². The summed E-state index contributed by atoms with van der Waals surface area (Å²) in [7, 11) is 0. The van der Waals surface area contributed by atoms with Crippen molar-refractivity contribution in [3.63, 3.8) is 0 Å². The Morgan fingerprint density at radius 1 is 1.14 bits per heavy atom. The van der Waals surface area contributed by atoms with Crippen LogP contribution >= 0.6 is 0 Å². The fourth-order valence-electron chi connectivity index (χ4n) is 8.36. The molecule has 4 aliphatic carbocycles. The van der Waals surface area contributed by atoms with Crippen LogP contribution in [0.3, 0.4) is 0 Å². The molecule has 1 heteroatoms. The maximum Gasteiger partial charge on any atom is 0.136 e. The van der Waals surface area contributed by atoms with Gasteiger partial charge in [-0.15, -0.1) is 0 Å². The van der Waals surface area contributed by atoms with Crippen LogP contribution in [0.4, 0.5) is 0 Å². The highest BCUT2D eigenvalue weighted by Gasteiger charge is 2.59. The third-order valence-electron chi connectivity index (χ3n) is 10.4. The SMILES string of the molecule is C=C(CCC(C)C1CCC2C3CC=C4CC(=O)CCC4(C)C3CCC12C)C(C)C. The fraction of sp³-hybridized carbons (Fsp3) is 0.821. The van der Waals surface area contributed by atoms with Crippen LogP contribution in [0.15, 0.2) is 23.8 Å². The van der Waals surface area contributed by atoms with Crippen molar-refractivity contribution in [3.8, 4) is 0 Å². The molecule has 0 N–H and O–H groups in total. The molecule has 1 nitrogen and oxygen atoms in total. The molecule has 29 heavy (non-hydrogen) atoms. The number of hydrogen-bond donors (Lipinski definition) is 0. The van der Waals surface area contributed by atoms with Crippen LogP contribution in [0.2, 0.25) is 0 Å². The highest BCUT2D eigenvalue weighted by molar-refractivity contribution is 5.82. The first-order chi connectivity index (χ1) is 13.7. The predicted octanol–water partition coefficient (Wildman–Crippen LogP) is 7.76. The number of carbonyl (C=O) groups excluding carboxylic acids is 1. The van der Waals surface area contributed by atoms with E-state index >= 15 is 0 Å². The lowest BCUT2D eigenvalue weighted by molar-refractivity contribution is -0.122. The Bertz CT molecular complexity index is 699. The van der Waals surface area contributed by atoms with Gasteiger partial charge in [-0.05, 0) is 97.7 Å². The lowest BCUT2D eigenvalue weighted by atomic mass is 9.47. The van der Waals surface area contributed by atoms with E-state index in [1.807, 2.05) is 0 Å². The van der Waals surface area contributed by atoms with Gasteiger partial charge < -0.3 is 0 Å². The van der Waals surface area contributed by atoms with Gasteiger partial charge in [-0.2, -0.15) is 0 Å². The van der Waals surface area contributed by atoms with Crippen molar-refractivity contribution >= 4 is 5.78 Å². The van der Waals surface area contributed by atoms with Crippen molar-refractivity contribution in [2.75, 3.05) is 0 Å². The van der Waals surface area contributed by atoms with Crippen LogP contribution in [0.1, 0.15) is 98.8 Å². The summed E-state index contributed by atoms with van der Waals surface area (Å²) in [6.45, 7) is 16.6. The topological polar surface area (TPSA) is 17.1 Å². The number of hydrogen-bond acceptors (Lipinski definition) is 1. The maximum atomic E-state index is 12.1. The first-order valence-electron chi connectivity index (χ1n) is 12.6. The molecule has 162 valence electrons. The fourth-order valence-corrected chi connectivity index (χ4v) is 8.36. The molecule has 0 amide bonds. The Hall–Kier alpha value is -0.850. The monoisotopic (exact) mass is 396 g/mol. The highest BCUT2D eigenvalue weighted by atomic mass is 16.1. The van der Waals surface area contributed by atoms with Gasteiger partial charge in [0.1, 0.15) is 5.78 Å². The van der Waals surface area contributed by atoms with Crippen molar-refractivity contribution in [2.24, 2.45) is 46.3 Å². The smallest absolute Gasteiger partial charge is 0.136 e. The Balaban J connectivity index is 1.50. The molecule has 3 saturated carbocycles. The molecule has 0 aromatic rings. The summed E-state index contributed by atoms with van der Waals surface area (Å²) in [5.41, 5.74) is 3.79. The zero-order chi connectivity index (χ0) is 21.0. The molecule has 0 heterocycles. The number of ketones is 1. The van der Waals surface area contributed by atoms with E-state index in [1.54, 1.807) is 0 Å².